The van der Waals surface area contributed by atoms with Gasteiger partial charge in [0.2, 0.25) is 0 Å². The summed E-state index contributed by atoms with van der Waals surface area (Å²) in [4.78, 5) is 16.0. The van der Waals surface area contributed by atoms with Crippen LogP contribution in [0.5, 0.6) is 0 Å². The zero-order valence-corrected chi connectivity index (χ0v) is 14.2. The molecule has 0 radical (unpaired) electrons. The van der Waals surface area contributed by atoms with Gasteiger partial charge in [-0.1, -0.05) is 12.1 Å². The smallest absolute Gasteiger partial charge is 0.414 e. The first-order valence-electron chi connectivity index (χ1n) is 9.17. The first-order chi connectivity index (χ1) is 11.8. The summed E-state index contributed by atoms with van der Waals surface area (Å²) >= 11 is 0. The number of carbonyl (C=O) groups excluding carboxylic acids is 1. The third-order valence-corrected chi connectivity index (χ3v) is 5.70. The van der Waals surface area contributed by atoms with Gasteiger partial charge in [0, 0.05) is 24.8 Å². The second-order valence-electron chi connectivity index (χ2n) is 7.01. The Bertz CT molecular complexity index is 560. The van der Waals surface area contributed by atoms with Crippen molar-refractivity contribution in [2.24, 2.45) is 0 Å². The van der Waals surface area contributed by atoms with Crippen molar-refractivity contribution in [2.45, 2.75) is 37.6 Å². The van der Waals surface area contributed by atoms with Crippen LogP contribution in [-0.4, -0.2) is 56.5 Å². The molecular formula is C19H26N2O3. The molecule has 1 aliphatic carbocycles. The fourth-order valence-corrected chi connectivity index (χ4v) is 4.27. The van der Waals surface area contributed by atoms with Gasteiger partial charge in [0.25, 0.3) is 0 Å². The minimum absolute atomic E-state index is 0.228. The van der Waals surface area contributed by atoms with Crippen molar-refractivity contribution in [3.63, 3.8) is 0 Å². The van der Waals surface area contributed by atoms with Crippen molar-refractivity contribution in [3.8, 4) is 0 Å². The summed E-state index contributed by atoms with van der Waals surface area (Å²) in [6.45, 7) is 5.11. The van der Waals surface area contributed by atoms with Gasteiger partial charge in [0.1, 0.15) is 6.61 Å². The molecule has 0 N–H and O–H groups in total. The Balaban J connectivity index is 1.34. The molecule has 5 nitrogen and oxygen atoms in total. The summed E-state index contributed by atoms with van der Waals surface area (Å²) in [5.74, 6) is 0.655. The average Bonchev–Trinajstić information content (AvgIpc) is 3.09. The van der Waals surface area contributed by atoms with E-state index in [0.29, 0.717) is 19.1 Å². The van der Waals surface area contributed by atoms with Crippen LogP contribution in [-0.2, 0) is 9.47 Å². The Morgan fingerprint density at radius 3 is 2.21 bits per heavy atom. The standard InChI is InChI=1S/C19H26N2O3/c22-19-21(11-14-24-19)18-7-3-16(4-8-18)15-1-5-17(6-2-15)20-9-12-23-13-10-20/h3-4,7-8,15,17H,1-2,5-6,9-14H2. The zero-order chi connectivity index (χ0) is 16.4. The zero-order valence-electron chi connectivity index (χ0n) is 14.2. The van der Waals surface area contributed by atoms with Crippen LogP contribution in [0.25, 0.3) is 0 Å². The molecule has 0 unspecified atom stereocenters. The van der Waals surface area contributed by atoms with Crippen LogP contribution >= 0.6 is 0 Å². The molecule has 130 valence electrons. The quantitative estimate of drug-likeness (QED) is 0.854. The Kier molecular flexibility index (Phi) is 4.72. The maximum absolute atomic E-state index is 11.6. The van der Waals surface area contributed by atoms with Crippen molar-refractivity contribution >= 4 is 11.8 Å². The van der Waals surface area contributed by atoms with Crippen molar-refractivity contribution in [1.82, 2.24) is 4.90 Å². The van der Waals surface area contributed by atoms with E-state index in [2.05, 4.69) is 29.2 Å². The monoisotopic (exact) mass is 330 g/mol. The molecule has 2 heterocycles. The van der Waals surface area contributed by atoms with Crippen molar-refractivity contribution in [3.05, 3.63) is 29.8 Å². The molecule has 2 aliphatic heterocycles. The molecule has 3 aliphatic rings. The normalized spacial score (nSPS) is 28.8. The summed E-state index contributed by atoms with van der Waals surface area (Å²) in [5, 5.41) is 0. The number of hydrogen-bond donors (Lipinski definition) is 0. The highest BCUT2D eigenvalue weighted by atomic mass is 16.6. The largest absolute Gasteiger partial charge is 0.447 e. The van der Waals surface area contributed by atoms with Crippen LogP contribution in [0.15, 0.2) is 24.3 Å². The molecule has 24 heavy (non-hydrogen) atoms. The van der Waals surface area contributed by atoms with E-state index in [1.54, 1.807) is 4.90 Å². The summed E-state index contributed by atoms with van der Waals surface area (Å²) < 4.78 is 10.5. The molecule has 0 aromatic heterocycles. The summed E-state index contributed by atoms with van der Waals surface area (Å²) in [6.07, 6.45) is 4.85. The summed E-state index contributed by atoms with van der Waals surface area (Å²) in [6, 6.07) is 9.26. The van der Waals surface area contributed by atoms with Crippen molar-refractivity contribution in [1.29, 1.82) is 0 Å². The number of ether oxygens (including phenoxy) is 2. The lowest BCUT2D eigenvalue weighted by atomic mass is 9.81. The van der Waals surface area contributed by atoms with Crippen LogP contribution in [0.3, 0.4) is 0 Å². The minimum atomic E-state index is -0.228. The second-order valence-corrected chi connectivity index (χ2v) is 7.01. The lowest BCUT2D eigenvalue weighted by Gasteiger charge is -2.38. The van der Waals surface area contributed by atoms with Crippen LogP contribution < -0.4 is 4.90 Å². The predicted octanol–water partition coefficient (Wildman–Crippen LogP) is 3.00. The first kappa shape index (κ1) is 15.9. The number of hydrogen-bond acceptors (Lipinski definition) is 4. The van der Waals surface area contributed by atoms with E-state index in [0.717, 1.165) is 38.0 Å². The van der Waals surface area contributed by atoms with Gasteiger partial charge in [-0.25, -0.2) is 4.79 Å². The molecule has 0 bridgehead atoms. The molecule has 1 amide bonds. The Morgan fingerprint density at radius 1 is 0.875 bits per heavy atom. The predicted molar refractivity (Wildman–Crippen MR) is 92.5 cm³/mol. The Hall–Kier alpha value is -1.59. The van der Waals surface area contributed by atoms with Gasteiger partial charge in [0.15, 0.2) is 0 Å². The molecule has 4 rings (SSSR count). The maximum Gasteiger partial charge on any atom is 0.414 e. The molecule has 1 aromatic rings. The topological polar surface area (TPSA) is 42.0 Å². The molecule has 5 heteroatoms. The number of anilines is 1. The molecule has 2 saturated heterocycles. The third kappa shape index (κ3) is 3.28. The van der Waals surface area contributed by atoms with Crippen LogP contribution in [0.4, 0.5) is 10.5 Å². The van der Waals surface area contributed by atoms with E-state index in [-0.39, 0.29) is 6.09 Å². The molecule has 0 spiro atoms. The van der Waals surface area contributed by atoms with Crippen molar-refractivity contribution < 1.29 is 14.3 Å². The van der Waals surface area contributed by atoms with Gasteiger partial charge < -0.3 is 9.47 Å². The van der Waals surface area contributed by atoms with E-state index in [1.807, 2.05) is 0 Å². The van der Waals surface area contributed by atoms with Gasteiger partial charge in [-0.3, -0.25) is 9.80 Å². The maximum atomic E-state index is 11.6. The molecule has 1 aromatic carbocycles. The highest BCUT2D eigenvalue weighted by molar-refractivity contribution is 5.89. The fraction of sp³-hybridized carbons (Fsp3) is 0.632. The van der Waals surface area contributed by atoms with Crippen LogP contribution in [0.1, 0.15) is 37.2 Å². The molecular weight excluding hydrogens is 304 g/mol. The highest BCUT2D eigenvalue weighted by Crippen LogP contribution is 2.35. The van der Waals surface area contributed by atoms with Crippen molar-refractivity contribution in [2.75, 3.05) is 44.4 Å². The molecule has 0 atom stereocenters. The van der Waals surface area contributed by atoms with Crippen LogP contribution in [0.2, 0.25) is 0 Å². The van der Waals surface area contributed by atoms with Gasteiger partial charge in [-0.2, -0.15) is 0 Å². The lowest BCUT2D eigenvalue weighted by Crippen LogP contribution is -2.44. The highest BCUT2D eigenvalue weighted by Gasteiger charge is 2.28. The van der Waals surface area contributed by atoms with Gasteiger partial charge >= 0.3 is 6.09 Å². The number of morpholine rings is 1. The van der Waals surface area contributed by atoms with E-state index in [9.17, 15) is 4.79 Å². The molecule has 1 saturated carbocycles. The first-order valence-corrected chi connectivity index (χ1v) is 9.17. The fourth-order valence-electron chi connectivity index (χ4n) is 4.27. The van der Waals surface area contributed by atoms with E-state index in [1.165, 1.54) is 31.2 Å². The summed E-state index contributed by atoms with van der Waals surface area (Å²) in [7, 11) is 0. The van der Waals surface area contributed by atoms with Gasteiger partial charge in [-0.05, 0) is 49.3 Å². The van der Waals surface area contributed by atoms with E-state index >= 15 is 0 Å². The number of cyclic esters (lactones) is 1. The number of carbonyl (C=O) groups is 1. The molecule has 3 fully saturated rings. The van der Waals surface area contributed by atoms with Gasteiger partial charge in [-0.15, -0.1) is 0 Å². The Morgan fingerprint density at radius 2 is 1.58 bits per heavy atom. The number of rotatable bonds is 3. The minimum Gasteiger partial charge on any atom is -0.447 e. The number of amides is 1. The number of benzene rings is 1. The summed E-state index contributed by atoms with van der Waals surface area (Å²) in [5.41, 5.74) is 2.36. The SMILES string of the molecule is O=C1OCCN1c1ccc(C2CCC(N3CCOCC3)CC2)cc1. The van der Waals surface area contributed by atoms with E-state index < -0.39 is 0 Å². The van der Waals surface area contributed by atoms with Gasteiger partial charge in [0.05, 0.1) is 19.8 Å². The Labute approximate surface area is 143 Å². The third-order valence-electron chi connectivity index (χ3n) is 5.70. The average molecular weight is 330 g/mol. The van der Waals surface area contributed by atoms with E-state index in [4.69, 9.17) is 9.47 Å². The van der Waals surface area contributed by atoms with Crippen LogP contribution in [0, 0.1) is 0 Å². The lowest BCUT2D eigenvalue weighted by molar-refractivity contribution is 0.00730. The number of nitrogens with zero attached hydrogens (tertiary/aromatic N) is 2. The second kappa shape index (κ2) is 7.11.